The molecule has 2 atom stereocenters. The quantitative estimate of drug-likeness (QED) is 0.883. The fraction of sp³-hybridized carbons (Fsp3) is 0.412. The Labute approximate surface area is 144 Å². The van der Waals surface area contributed by atoms with Gasteiger partial charge in [-0.25, -0.2) is 13.8 Å². The molecule has 24 heavy (non-hydrogen) atoms. The molecule has 1 N–H and O–H groups in total. The van der Waals surface area contributed by atoms with Crippen molar-refractivity contribution in [1.82, 2.24) is 15.3 Å². The molecule has 1 fully saturated rings. The van der Waals surface area contributed by atoms with Gasteiger partial charge in [0.1, 0.15) is 11.5 Å². The van der Waals surface area contributed by atoms with Crippen LogP contribution in [0.5, 0.6) is 0 Å². The second-order valence-electron chi connectivity index (χ2n) is 5.95. The molecule has 0 aliphatic carbocycles. The van der Waals surface area contributed by atoms with E-state index >= 15 is 0 Å². The number of nitrogens with zero attached hydrogens (tertiary/aromatic N) is 3. The van der Waals surface area contributed by atoms with Gasteiger partial charge in [-0.3, -0.25) is 4.98 Å². The van der Waals surface area contributed by atoms with Crippen molar-refractivity contribution in [3.05, 3.63) is 52.9 Å². The normalized spacial score (nSPS) is 19.0. The van der Waals surface area contributed by atoms with Crippen molar-refractivity contribution >= 4 is 17.4 Å². The zero-order valence-electron chi connectivity index (χ0n) is 13.3. The summed E-state index contributed by atoms with van der Waals surface area (Å²) in [6, 6.07) is 7.06. The van der Waals surface area contributed by atoms with E-state index in [0.29, 0.717) is 5.02 Å². The number of anilines is 1. The van der Waals surface area contributed by atoms with E-state index in [2.05, 4.69) is 20.2 Å². The molecule has 128 valence electrons. The number of aromatic nitrogens is 2. The molecule has 1 aliphatic rings. The Morgan fingerprint density at radius 1 is 1.29 bits per heavy atom. The first-order valence-electron chi connectivity index (χ1n) is 7.90. The maximum absolute atomic E-state index is 12.6. The molecular weight excluding hydrogens is 334 g/mol. The summed E-state index contributed by atoms with van der Waals surface area (Å²) in [6.07, 6.45) is 1.69. The van der Waals surface area contributed by atoms with Gasteiger partial charge in [0.2, 0.25) is 0 Å². The van der Waals surface area contributed by atoms with Gasteiger partial charge >= 0.3 is 0 Å². The van der Waals surface area contributed by atoms with E-state index in [1.54, 1.807) is 12.3 Å². The summed E-state index contributed by atoms with van der Waals surface area (Å²) in [5.74, 6) is 0.805. The van der Waals surface area contributed by atoms with E-state index in [1.807, 2.05) is 19.1 Å². The van der Waals surface area contributed by atoms with Crippen molar-refractivity contribution in [2.75, 3.05) is 18.0 Å². The van der Waals surface area contributed by atoms with Crippen molar-refractivity contribution in [3.8, 4) is 0 Å². The third-order valence-corrected chi connectivity index (χ3v) is 4.54. The number of pyridine rings is 2. The largest absolute Gasteiger partial charge is 0.354 e. The van der Waals surface area contributed by atoms with Crippen molar-refractivity contribution in [2.45, 2.75) is 31.9 Å². The van der Waals surface area contributed by atoms with E-state index in [4.69, 9.17) is 11.6 Å². The molecule has 3 heterocycles. The highest BCUT2D eigenvalue weighted by Gasteiger charge is 2.26. The molecule has 0 bridgehead atoms. The number of halogens is 3. The minimum absolute atomic E-state index is 0.0355. The lowest BCUT2D eigenvalue weighted by Gasteiger charge is -2.21. The molecule has 1 aliphatic heterocycles. The molecule has 4 nitrogen and oxygen atoms in total. The molecule has 1 saturated heterocycles. The average Bonchev–Trinajstić information content (AvgIpc) is 3.03. The van der Waals surface area contributed by atoms with Crippen LogP contribution in [-0.2, 0) is 0 Å². The van der Waals surface area contributed by atoms with E-state index in [-0.39, 0.29) is 17.8 Å². The molecule has 0 aromatic carbocycles. The molecule has 3 rings (SSSR count). The second kappa shape index (κ2) is 7.40. The molecule has 0 amide bonds. The first kappa shape index (κ1) is 17.0. The predicted octanol–water partition coefficient (Wildman–Crippen LogP) is 4.00. The van der Waals surface area contributed by atoms with Crippen molar-refractivity contribution in [2.24, 2.45) is 0 Å². The van der Waals surface area contributed by atoms with Gasteiger partial charge in [-0.15, -0.1) is 0 Å². The Kier molecular flexibility index (Phi) is 5.26. The summed E-state index contributed by atoms with van der Waals surface area (Å²) in [4.78, 5) is 10.3. The average molecular weight is 353 g/mol. The molecule has 2 unspecified atom stereocenters. The molecule has 7 heteroatoms. The van der Waals surface area contributed by atoms with E-state index < -0.39 is 6.43 Å². The van der Waals surface area contributed by atoms with Crippen LogP contribution in [-0.4, -0.2) is 29.1 Å². The van der Waals surface area contributed by atoms with Gasteiger partial charge in [0.15, 0.2) is 0 Å². The SMILES string of the molecule is CC(NC1CCN(c2ncccc2Cl)C1)c1ccc(C(F)F)nc1. The monoisotopic (exact) mass is 352 g/mol. The summed E-state index contributed by atoms with van der Waals surface area (Å²) >= 11 is 6.20. The second-order valence-corrected chi connectivity index (χ2v) is 6.35. The van der Waals surface area contributed by atoms with Gasteiger partial charge in [-0.1, -0.05) is 17.7 Å². The molecular formula is C17H19ClF2N4. The third kappa shape index (κ3) is 3.82. The lowest BCUT2D eigenvalue weighted by Crippen LogP contribution is -2.34. The Balaban J connectivity index is 1.60. The lowest BCUT2D eigenvalue weighted by molar-refractivity contribution is 0.146. The van der Waals surface area contributed by atoms with Crippen LogP contribution in [0.4, 0.5) is 14.6 Å². The lowest BCUT2D eigenvalue weighted by atomic mass is 10.1. The summed E-state index contributed by atoms with van der Waals surface area (Å²) in [7, 11) is 0. The Hall–Kier alpha value is -1.79. The number of hydrogen-bond donors (Lipinski definition) is 1. The number of alkyl halides is 2. The van der Waals surface area contributed by atoms with E-state index in [0.717, 1.165) is 30.9 Å². The maximum Gasteiger partial charge on any atom is 0.280 e. The van der Waals surface area contributed by atoms with Crippen LogP contribution in [0.2, 0.25) is 5.02 Å². The molecule has 2 aromatic heterocycles. The Morgan fingerprint density at radius 2 is 2.12 bits per heavy atom. The summed E-state index contributed by atoms with van der Waals surface area (Å²) < 4.78 is 25.1. The van der Waals surface area contributed by atoms with Crippen LogP contribution in [0.25, 0.3) is 0 Å². The summed E-state index contributed by atoms with van der Waals surface area (Å²) in [5.41, 5.74) is 0.705. The fourth-order valence-corrected chi connectivity index (χ4v) is 3.19. The topological polar surface area (TPSA) is 41.0 Å². The van der Waals surface area contributed by atoms with Crippen LogP contribution in [0, 0.1) is 0 Å². The highest BCUT2D eigenvalue weighted by Crippen LogP contribution is 2.27. The fourth-order valence-electron chi connectivity index (χ4n) is 2.95. The molecule has 2 aromatic rings. The summed E-state index contributed by atoms with van der Waals surface area (Å²) in [5, 5.41) is 4.17. The first-order chi connectivity index (χ1) is 11.5. The predicted molar refractivity (Wildman–Crippen MR) is 90.6 cm³/mol. The highest BCUT2D eigenvalue weighted by molar-refractivity contribution is 6.32. The smallest absolute Gasteiger partial charge is 0.280 e. The molecule has 0 saturated carbocycles. The van der Waals surface area contributed by atoms with Gasteiger partial charge in [-0.05, 0) is 37.1 Å². The zero-order chi connectivity index (χ0) is 17.1. The van der Waals surface area contributed by atoms with Crippen LogP contribution in [0.1, 0.15) is 37.1 Å². The standard InChI is InChI=1S/C17H19ClF2N4/c1-11(12-4-5-15(16(19)20)22-9-12)23-13-6-8-24(10-13)17-14(18)3-2-7-21-17/h2-5,7,9,11,13,16,23H,6,8,10H2,1H3. The van der Waals surface area contributed by atoms with Crippen molar-refractivity contribution < 1.29 is 8.78 Å². The Morgan fingerprint density at radius 3 is 2.79 bits per heavy atom. The molecule has 0 spiro atoms. The van der Waals surface area contributed by atoms with Gasteiger partial charge in [-0.2, -0.15) is 0 Å². The van der Waals surface area contributed by atoms with Crippen molar-refractivity contribution in [3.63, 3.8) is 0 Å². The van der Waals surface area contributed by atoms with E-state index in [9.17, 15) is 8.78 Å². The van der Waals surface area contributed by atoms with Crippen LogP contribution in [0.15, 0.2) is 36.7 Å². The minimum Gasteiger partial charge on any atom is -0.354 e. The number of hydrogen-bond acceptors (Lipinski definition) is 4. The van der Waals surface area contributed by atoms with Gasteiger partial charge < -0.3 is 10.2 Å². The van der Waals surface area contributed by atoms with Crippen molar-refractivity contribution in [1.29, 1.82) is 0 Å². The van der Waals surface area contributed by atoms with E-state index in [1.165, 1.54) is 12.3 Å². The Bertz CT molecular complexity index is 681. The van der Waals surface area contributed by atoms with Gasteiger partial charge in [0.05, 0.1) is 5.02 Å². The first-order valence-corrected chi connectivity index (χ1v) is 8.28. The number of rotatable bonds is 5. The van der Waals surface area contributed by atoms with Crippen LogP contribution in [0.3, 0.4) is 0 Å². The third-order valence-electron chi connectivity index (χ3n) is 4.25. The van der Waals surface area contributed by atoms with Gasteiger partial charge in [0, 0.05) is 37.6 Å². The highest BCUT2D eigenvalue weighted by atomic mass is 35.5. The van der Waals surface area contributed by atoms with Crippen LogP contribution >= 0.6 is 11.6 Å². The van der Waals surface area contributed by atoms with Gasteiger partial charge in [0.25, 0.3) is 6.43 Å². The minimum atomic E-state index is -2.53. The zero-order valence-corrected chi connectivity index (χ0v) is 14.0. The molecule has 0 radical (unpaired) electrons. The van der Waals surface area contributed by atoms with Crippen LogP contribution < -0.4 is 10.2 Å². The summed E-state index contributed by atoms with van der Waals surface area (Å²) in [6.45, 7) is 3.70. The maximum atomic E-state index is 12.6. The number of nitrogens with one attached hydrogen (secondary N) is 1.